The summed E-state index contributed by atoms with van der Waals surface area (Å²) in [6, 6.07) is 11.9. The van der Waals surface area contributed by atoms with Crippen LogP contribution in [0.2, 0.25) is 0 Å². The Balaban J connectivity index is 1.52. The summed E-state index contributed by atoms with van der Waals surface area (Å²) in [5.41, 5.74) is 9.32. The van der Waals surface area contributed by atoms with Crippen LogP contribution in [0.25, 0.3) is 16.6 Å². The third kappa shape index (κ3) is 4.06. The number of nitriles is 1. The minimum atomic E-state index is -0.462. The van der Waals surface area contributed by atoms with Gasteiger partial charge in [0.25, 0.3) is 0 Å². The molecule has 3 aromatic heterocycles. The standard InChI is InChI=1S/C23H18FN7OS/c24-17-2-3-19(15(7-17)9-25)33-20-8-16(12-31-23(20)18(26)11-29-31)14-1-4-21(28-10-14)30-6-5-27-22(32)13-30/h1-4,7-8,10-12H,5-6,13,26H2,(H,27,32). The van der Waals surface area contributed by atoms with Gasteiger partial charge < -0.3 is 16.0 Å². The number of carbonyl (C=O) groups is 1. The highest BCUT2D eigenvalue weighted by Crippen LogP contribution is 2.38. The zero-order valence-corrected chi connectivity index (χ0v) is 18.1. The molecule has 33 heavy (non-hydrogen) atoms. The molecule has 1 amide bonds. The number of carbonyl (C=O) groups excluding carboxylic acids is 1. The number of hydrogen-bond donors (Lipinski definition) is 2. The Kier molecular flexibility index (Phi) is 5.32. The van der Waals surface area contributed by atoms with Gasteiger partial charge in [0.2, 0.25) is 5.91 Å². The molecule has 0 bridgehead atoms. The van der Waals surface area contributed by atoms with Gasteiger partial charge in [-0.2, -0.15) is 10.4 Å². The van der Waals surface area contributed by atoms with E-state index in [1.807, 2.05) is 35.4 Å². The fraction of sp³-hybridized carbons (Fsp3) is 0.130. The number of anilines is 2. The summed E-state index contributed by atoms with van der Waals surface area (Å²) < 4.78 is 15.3. The van der Waals surface area contributed by atoms with Gasteiger partial charge in [0.1, 0.15) is 23.2 Å². The molecule has 0 spiro atoms. The lowest BCUT2D eigenvalue weighted by molar-refractivity contribution is -0.120. The quantitative estimate of drug-likeness (QED) is 0.482. The number of rotatable bonds is 4. The molecule has 5 rings (SSSR count). The number of aromatic nitrogens is 3. The molecule has 0 radical (unpaired) electrons. The first-order valence-corrected chi connectivity index (χ1v) is 11.0. The Labute approximate surface area is 192 Å². The number of halogens is 1. The highest BCUT2D eigenvalue weighted by atomic mass is 32.2. The molecule has 0 unspecified atom stereocenters. The number of benzene rings is 1. The van der Waals surface area contributed by atoms with Crippen molar-refractivity contribution < 1.29 is 9.18 Å². The number of amides is 1. The van der Waals surface area contributed by atoms with Crippen LogP contribution in [0, 0.1) is 17.1 Å². The molecule has 164 valence electrons. The molecule has 0 atom stereocenters. The van der Waals surface area contributed by atoms with E-state index in [-0.39, 0.29) is 18.0 Å². The lowest BCUT2D eigenvalue weighted by atomic mass is 10.1. The van der Waals surface area contributed by atoms with Crippen molar-refractivity contribution in [3.8, 4) is 17.2 Å². The first-order chi connectivity index (χ1) is 16.0. The third-order valence-corrected chi connectivity index (χ3v) is 6.44. The van der Waals surface area contributed by atoms with E-state index < -0.39 is 5.82 Å². The van der Waals surface area contributed by atoms with Gasteiger partial charge in [-0.25, -0.2) is 13.9 Å². The molecule has 4 heterocycles. The first kappa shape index (κ1) is 20.8. The van der Waals surface area contributed by atoms with Crippen molar-refractivity contribution in [2.24, 2.45) is 0 Å². The third-order valence-electron chi connectivity index (χ3n) is 5.33. The van der Waals surface area contributed by atoms with Gasteiger partial charge in [0.15, 0.2) is 0 Å². The maximum Gasteiger partial charge on any atom is 0.239 e. The fourth-order valence-corrected chi connectivity index (χ4v) is 4.80. The molecule has 10 heteroatoms. The van der Waals surface area contributed by atoms with Gasteiger partial charge in [0, 0.05) is 46.4 Å². The van der Waals surface area contributed by atoms with Crippen LogP contribution in [0.4, 0.5) is 15.9 Å². The Bertz CT molecular complexity index is 1410. The van der Waals surface area contributed by atoms with Gasteiger partial charge in [-0.1, -0.05) is 11.8 Å². The van der Waals surface area contributed by atoms with Gasteiger partial charge in [0.05, 0.1) is 24.0 Å². The minimum absolute atomic E-state index is 0.0203. The minimum Gasteiger partial charge on any atom is -0.396 e. The van der Waals surface area contributed by atoms with E-state index in [1.165, 1.54) is 23.9 Å². The highest BCUT2D eigenvalue weighted by Gasteiger charge is 2.18. The Hall–Kier alpha value is -4.10. The van der Waals surface area contributed by atoms with Gasteiger partial charge in [-0.05, 0) is 36.4 Å². The van der Waals surface area contributed by atoms with Crippen LogP contribution in [-0.2, 0) is 4.79 Å². The lowest BCUT2D eigenvalue weighted by Gasteiger charge is -2.27. The number of fused-ring (bicyclic) bond motifs is 1. The zero-order chi connectivity index (χ0) is 22.9. The van der Waals surface area contributed by atoms with Crippen LogP contribution in [-0.4, -0.2) is 40.1 Å². The van der Waals surface area contributed by atoms with E-state index in [4.69, 9.17) is 5.73 Å². The summed E-state index contributed by atoms with van der Waals surface area (Å²) in [7, 11) is 0. The van der Waals surface area contributed by atoms with Crippen LogP contribution in [0.3, 0.4) is 0 Å². The number of nitrogens with zero attached hydrogens (tertiary/aromatic N) is 5. The van der Waals surface area contributed by atoms with Crippen LogP contribution < -0.4 is 16.0 Å². The van der Waals surface area contributed by atoms with Gasteiger partial charge in [-0.15, -0.1) is 0 Å². The molecular weight excluding hydrogens is 441 g/mol. The average molecular weight is 460 g/mol. The maximum absolute atomic E-state index is 13.6. The number of hydrogen-bond acceptors (Lipinski definition) is 7. The number of pyridine rings is 2. The van der Waals surface area contributed by atoms with Gasteiger partial charge in [-0.3, -0.25) is 4.79 Å². The molecule has 0 saturated carbocycles. The number of nitrogen functional groups attached to an aromatic ring is 1. The SMILES string of the molecule is N#Cc1cc(F)ccc1Sc1cc(-c2ccc(N3CCNC(=O)C3)nc2)cn2ncc(N)c12. The Morgan fingerprint density at radius 1 is 1.15 bits per heavy atom. The van der Waals surface area contributed by atoms with Crippen molar-refractivity contribution in [2.45, 2.75) is 9.79 Å². The number of nitrogens with two attached hydrogens (primary N) is 1. The van der Waals surface area contributed by atoms with Crippen LogP contribution >= 0.6 is 11.8 Å². The summed E-state index contributed by atoms with van der Waals surface area (Å²) in [6.07, 6.45) is 5.18. The van der Waals surface area contributed by atoms with Crippen LogP contribution in [0.5, 0.6) is 0 Å². The Morgan fingerprint density at radius 2 is 2.03 bits per heavy atom. The molecule has 4 aromatic rings. The maximum atomic E-state index is 13.6. The molecule has 1 aliphatic heterocycles. The molecule has 0 aliphatic carbocycles. The molecule has 8 nitrogen and oxygen atoms in total. The molecular formula is C23H18FN7OS. The second-order valence-electron chi connectivity index (χ2n) is 7.52. The van der Waals surface area contributed by atoms with Crippen molar-refractivity contribution in [1.82, 2.24) is 19.9 Å². The Morgan fingerprint density at radius 3 is 2.79 bits per heavy atom. The predicted molar refractivity (Wildman–Crippen MR) is 123 cm³/mol. The summed E-state index contributed by atoms with van der Waals surface area (Å²) in [5.74, 6) is 0.252. The lowest BCUT2D eigenvalue weighted by Crippen LogP contribution is -2.48. The van der Waals surface area contributed by atoms with E-state index in [0.717, 1.165) is 21.8 Å². The fourth-order valence-electron chi connectivity index (χ4n) is 3.72. The number of nitrogens with one attached hydrogen (secondary N) is 1. The monoisotopic (exact) mass is 459 g/mol. The van der Waals surface area contributed by atoms with Crippen molar-refractivity contribution in [2.75, 3.05) is 30.3 Å². The van der Waals surface area contributed by atoms with Gasteiger partial charge >= 0.3 is 0 Å². The summed E-state index contributed by atoms with van der Waals surface area (Å²) in [4.78, 5) is 19.5. The second-order valence-corrected chi connectivity index (χ2v) is 8.60. The van der Waals surface area contributed by atoms with Crippen LogP contribution in [0.15, 0.2) is 64.8 Å². The van der Waals surface area contributed by atoms with E-state index in [9.17, 15) is 14.4 Å². The van der Waals surface area contributed by atoms with Crippen molar-refractivity contribution >= 4 is 34.7 Å². The normalized spacial score (nSPS) is 13.7. The summed E-state index contributed by atoms with van der Waals surface area (Å²) in [6.45, 7) is 1.58. The summed E-state index contributed by atoms with van der Waals surface area (Å²) >= 11 is 1.33. The second kappa shape index (κ2) is 8.44. The van der Waals surface area contributed by atoms with E-state index >= 15 is 0 Å². The van der Waals surface area contributed by atoms with Crippen molar-refractivity contribution in [1.29, 1.82) is 5.26 Å². The average Bonchev–Trinajstić information content (AvgIpc) is 3.21. The smallest absolute Gasteiger partial charge is 0.239 e. The molecule has 1 aromatic carbocycles. The molecule has 1 saturated heterocycles. The topological polar surface area (TPSA) is 112 Å². The number of piperazine rings is 1. The van der Waals surface area contributed by atoms with E-state index in [1.54, 1.807) is 23.0 Å². The van der Waals surface area contributed by atoms with Crippen LogP contribution in [0.1, 0.15) is 5.56 Å². The zero-order valence-electron chi connectivity index (χ0n) is 17.3. The largest absolute Gasteiger partial charge is 0.396 e. The first-order valence-electron chi connectivity index (χ1n) is 10.1. The van der Waals surface area contributed by atoms with Crippen molar-refractivity contribution in [3.63, 3.8) is 0 Å². The van der Waals surface area contributed by atoms with Crippen molar-refractivity contribution in [3.05, 3.63) is 66.4 Å². The van der Waals surface area contributed by atoms with E-state index in [2.05, 4.69) is 15.4 Å². The molecule has 1 fully saturated rings. The predicted octanol–water partition coefficient (Wildman–Crippen LogP) is 3.08. The molecule has 1 aliphatic rings. The molecule has 3 N–H and O–H groups in total. The van der Waals surface area contributed by atoms with E-state index in [0.29, 0.717) is 29.2 Å². The highest BCUT2D eigenvalue weighted by molar-refractivity contribution is 7.99. The summed E-state index contributed by atoms with van der Waals surface area (Å²) in [5, 5.41) is 16.6.